The van der Waals surface area contributed by atoms with Crippen molar-refractivity contribution >= 4 is 17.3 Å². The van der Waals surface area contributed by atoms with E-state index < -0.39 is 0 Å². The van der Waals surface area contributed by atoms with Crippen molar-refractivity contribution in [2.24, 2.45) is 0 Å². The van der Waals surface area contributed by atoms with Gasteiger partial charge in [-0.3, -0.25) is 9.69 Å². The summed E-state index contributed by atoms with van der Waals surface area (Å²) in [5, 5.41) is 0. The van der Waals surface area contributed by atoms with Crippen LogP contribution in [-0.2, 0) is 4.79 Å². The van der Waals surface area contributed by atoms with Gasteiger partial charge < -0.3 is 0 Å². The summed E-state index contributed by atoms with van der Waals surface area (Å²) < 4.78 is 0. The number of amides is 1. The Morgan fingerprint density at radius 1 is 0.677 bits per heavy atom. The molecule has 1 unspecified atom stereocenters. The monoisotopic (exact) mass is 405 g/mol. The summed E-state index contributed by atoms with van der Waals surface area (Å²) in [6.07, 6.45) is 1.21. The van der Waals surface area contributed by atoms with Crippen LogP contribution in [0.15, 0.2) is 115 Å². The van der Waals surface area contributed by atoms with Gasteiger partial charge in [-0.1, -0.05) is 91.0 Å². The van der Waals surface area contributed by atoms with E-state index in [0.717, 1.165) is 17.8 Å². The zero-order chi connectivity index (χ0) is 21.5. The highest BCUT2D eigenvalue weighted by Crippen LogP contribution is 2.33. The van der Waals surface area contributed by atoms with Crippen LogP contribution in [0, 0.1) is 6.92 Å². The van der Waals surface area contributed by atoms with Gasteiger partial charge in [0.1, 0.15) is 0 Å². The molecule has 4 aromatic rings. The zero-order valence-corrected chi connectivity index (χ0v) is 17.8. The molecule has 0 bridgehead atoms. The predicted molar refractivity (Wildman–Crippen MR) is 129 cm³/mol. The normalized spacial score (nSPS) is 11.6. The van der Waals surface area contributed by atoms with E-state index in [1.165, 1.54) is 16.7 Å². The number of anilines is 2. The third kappa shape index (κ3) is 4.92. The van der Waals surface area contributed by atoms with E-state index in [1.54, 1.807) is 0 Å². The lowest BCUT2D eigenvalue weighted by molar-refractivity contribution is -0.118. The molecule has 4 aromatic carbocycles. The van der Waals surface area contributed by atoms with Crippen LogP contribution in [0.4, 0.5) is 11.4 Å². The molecule has 31 heavy (non-hydrogen) atoms. The van der Waals surface area contributed by atoms with Crippen molar-refractivity contribution in [1.29, 1.82) is 0 Å². The second-order valence-corrected chi connectivity index (χ2v) is 7.76. The molecular weight excluding hydrogens is 378 g/mol. The van der Waals surface area contributed by atoms with E-state index in [0.29, 0.717) is 6.42 Å². The molecule has 0 aliphatic heterocycles. The van der Waals surface area contributed by atoms with Gasteiger partial charge in [0.05, 0.1) is 0 Å². The van der Waals surface area contributed by atoms with E-state index in [9.17, 15) is 4.79 Å². The van der Waals surface area contributed by atoms with E-state index >= 15 is 0 Å². The average Bonchev–Trinajstić information content (AvgIpc) is 2.82. The third-order valence-corrected chi connectivity index (χ3v) is 5.69. The molecule has 2 nitrogen and oxygen atoms in total. The molecule has 0 N–H and O–H groups in total. The standard InChI is InChI=1S/C29H27NO/c1-23-13-11-12-20-27(23)28(24-14-5-2-6-15-24)21-22-29(31)30(25-16-7-3-8-17-25)26-18-9-4-10-19-26/h2-20,28H,21-22H2,1H3. The van der Waals surface area contributed by atoms with Crippen molar-refractivity contribution in [2.75, 3.05) is 4.90 Å². The first kappa shape index (κ1) is 20.6. The summed E-state index contributed by atoms with van der Waals surface area (Å²) in [4.78, 5) is 15.4. The van der Waals surface area contributed by atoms with Crippen LogP contribution in [0.25, 0.3) is 0 Å². The zero-order valence-electron chi connectivity index (χ0n) is 17.8. The lowest BCUT2D eigenvalue weighted by Crippen LogP contribution is -2.26. The molecule has 0 aliphatic rings. The molecule has 4 rings (SSSR count). The molecule has 1 amide bonds. The van der Waals surface area contributed by atoms with Crippen molar-refractivity contribution in [3.8, 4) is 0 Å². The van der Waals surface area contributed by atoms with Crippen LogP contribution in [0.3, 0.4) is 0 Å². The summed E-state index contributed by atoms with van der Waals surface area (Å²) in [6.45, 7) is 2.15. The lowest BCUT2D eigenvalue weighted by atomic mass is 9.85. The van der Waals surface area contributed by atoms with Crippen LogP contribution in [0.5, 0.6) is 0 Å². The van der Waals surface area contributed by atoms with Gasteiger partial charge in [0.2, 0.25) is 5.91 Å². The van der Waals surface area contributed by atoms with E-state index in [-0.39, 0.29) is 11.8 Å². The molecule has 0 saturated carbocycles. The molecular formula is C29H27NO. The molecule has 2 heteroatoms. The number of para-hydroxylation sites is 2. The molecule has 154 valence electrons. The average molecular weight is 406 g/mol. The van der Waals surface area contributed by atoms with Gasteiger partial charge in [-0.25, -0.2) is 0 Å². The second-order valence-electron chi connectivity index (χ2n) is 7.76. The fraction of sp³-hybridized carbons (Fsp3) is 0.138. The largest absolute Gasteiger partial charge is 0.281 e. The van der Waals surface area contributed by atoms with Crippen molar-refractivity contribution in [1.82, 2.24) is 0 Å². The Balaban J connectivity index is 1.62. The fourth-order valence-electron chi connectivity index (χ4n) is 4.14. The van der Waals surface area contributed by atoms with Crippen molar-refractivity contribution in [3.63, 3.8) is 0 Å². The summed E-state index contributed by atoms with van der Waals surface area (Å²) in [6, 6.07) is 38.8. The summed E-state index contributed by atoms with van der Waals surface area (Å²) >= 11 is 0. The second kappa shape index (κ2) is 9.90. The number of benzene rings is 4. The van der Waals surface area contributed by atoms with Crippen molar-refractivity contribution < 1.29 is 4.79 Å². The number of hydrogen-bond donors (Lipinski definition) is 0. The highest BCUT2D eigenvalue weighted by atomic mass is 16.2. The summed E-state index contributed by atoms with van der Waals surface area (Å²) in [7, 11) is 0. The highest BCUT2D eigenvalue weighted by molar-refractivity contribution is 6.00. The quantitative estimate of drug-likeness (QED) is 0.316. The Bertz CT molecular complexity index is 1070. The Kier molecular flexibility index (Phi) is 6.59. The van der Waals surface area contributed by atoms with Gasteiger partial charge in [0, 0.05) is 23.7 Å². The molecule has 0 saturated heterocycles. The third-order valence-electron chi connectivity index (χ3n) is 5.69. The van der Waals surface area contributed by atoms with Crippen LogP contribution >= 0.6 is 0 Å². The number of carbonyl (C=O) groups is 1. The first-order valence-electron chi connectivity index (χ1n) is 10.8. The molecule has 0 aromatic heterocycles. The molecule has 0 spiro atoms. The fourth-order valence-corrected chi connectivity index (χ4v) is 4.14. The van der Waals surface area contributed by atoms with Crippen molar-refractivity contribution in [2.45, 2.75) is 25.7 Å². The number of hydrogen-bond acceptors (Lipinski definition) is 1. The van der Waals surface area contributed by atoms with Gasteiger partial charge in [-0.2, -0.15) is 0 Å². The molecule has 1 atom stereocenters. The maximum Gasteiger partial charge on any atom is 0.231 e. The van der Waals surface area contributed by atoms with Crippen LogP contribution in [-0.4, -0.2) is 5.91 Å². The first-order valence-corrected chi connectivity index (χ1v) is 10.8. The summed E-state index contributed by atoms with van der Waals surface area (Å²) in [5.74, 6) is 0.284. The number of nitrogens with zero attached hydrogens (tertiary/aromatic N) is 1. The minimum absolute atomic E-state index is 0.104. The lowest BCUT2D eigenvalue weighted by Gasteiger charge is -2.25. The van der Waals surface area contributed by atoms with Gasteiger partial charge in [-0.05, 0) is 54.3 Å². The number of carbonyl (C=O) groups excluding carboxylic acids is 1. The minimum atomic E-state index is 0.104. The Morgan fingerprint density at radius 2 is 1.16 bits per heavy atom. The van der Waals surface area contributed by atoms with E-state index in [2.05, 4.69) is 55.5 Å². The minimum Gasteiger partial charge on any atom is -0.281 e. The first-order chi connectivity index (χ1) is 15.2. The summed E-state index contributed by atoms with van der Waals surface area (Å²) in [5.41, 5.74) is 5.58. The maximum atomic E-state index is 13.5. The van der Waals surface area contributed by atoms with E-state index in [1.807, 2.05) is 71.6 Å². The smallest absolute Gasteiger partial charge is 0.231 e. The Labute approximate surface area is 184 Å². The molecule has 0 aliphatic carbocycles. The highest BCUT2D eigenvalue weighted by Gasteiger charge is 2.22. The van der Waals surface area contributed by atoms with Crippen LogP contribution < -0.4 is 4.90 Å². The van der Waals surface area contributed by atoms with Gasteiger partial charge in [-0.15, -0.1) is 0 Å². The molecule has 0 radical (unpaired) electrons. The maximum absolute atomic E-state index is 13.5. The predicted octanol–water partition coefficient (Wildman–Crippen LogP) is 7.27. The van der Waals surface area contributed by atoms with Gasteiger partial charge >= 0.3 is 0 Å². The Morgan fingerprint density at radius 3 is 1.71 bits per heavy atom. The topological polar surface area (TPSA) is 20.3 Å². The molecule has 0 fully saturated rings. The van der Waals surface area contributed by atoms with Crippen LogP contribution in [0.2, 0.25) is 0 Å². The molecule has 0 heterocycles. The van der Waals surface area contributed by atoms with E-state index in [4.69, 9.17) is 0 Å². The van der Waals surface area contributed by atoms with Gasteiger partial charge in [0.15, 0.2) is 0 Å². The van der Waals surface area contributed by atoms with Gasteiger partial charge in [0.25, 0.3) is 0 Å². The Hall–Kier alpha value is -3.65. The van der Waals surface area contributed by atoms with Crippen LogP contribution in [0.1, 0.15) is 35.4 Å². The SMILES string of the molecule is Cc1ccccc1C(CCC(=O)N(c1ccccc1)c1ccccc1)c1ccccc1. The van der Waals surface area contributed by atoms with Crippen molar-refractivity contribution in [3.05, 3.63) is 132 Å². The number of rotatable bonds is 7. The number of aryl methyl sites for hydroxylation is 1.